The van der Waals surface area contributed by atoms with Gasteiger partial charge in [0.1, 0.15) is 5.75 Å². The first kappa shape index (κ1) is 13.9. The van der Waals surface area contributed by atoms with Crippen molar-refractivity contribution in [3.8, 4) is 5.75 Å². The highest BCUT2D eigenvalue weighted by atomic mass is 16.5. The third-order valence-corrected chi connectivity index (χ3v) is 3.63. The van der Waals surface area contributed by atoms with Crippen molar-refractivity contribution < 1.29 is 9.53 Å². The van der Waals surface area contributed by atoms with Crippen molar-refractivity contribution >= 4 is 5.91 Å². The summed E-state index contributed by atoms with van der Waals surface area (Å²) in [6, 6.07) is 7.24. The second-order valence-electron chi connectivity index (χ2n) is 4.97. The molecule has 1 heterocycles. The van der Waals surface area contributed by atoms with E-state index in [-0.39, 0.29) is 5.91 Å². The minimum absolute atomic E-state index is 0.0205. The fraction of sp³-hybridized carbons (Fsp3) is 0.533. The largest absolute Gasteiger partial charge is 0.497 e. The van der Waals surface area contributed by atoms with Crippen molar-refractivity contribution in [1.29, 1.82) is 0 Å². The smallest absolute Gasteiger partial charge is 0.251 e. The predicted octanol–water partition coefficient (Wildman–Crippen LogP) is 1.81. The van der Waals surface area contributed by atoms with Crippen molar-refractivity contribution in [1.82, 2.24) is 10.6 Å². The molecule has 0 atom stereocenters. The molecule has 0 bridgehead atoms. The summed E-state index contributed by atoms with van der Waals surface area (Å²) in [5.74, 6) is 1.44. The van der Waals surface area contributed by atoms with Crippen LogP contribution >= 0.6 is 0 Å². The molecule has 1 aliphatic rings. The van der Waals surface area contributed by atoms with Gasteiger partial charge in [0.05, 0.1) is 7.11 Å². The van der Waals surface area contributed by atoms with Gasteiger partial charge >= 0.3 is 0 Å². The van der Waals surface area contributed by atoms with Gasteiger partial charge in [-0.1, -0.05) is 6.07 Å². The number of methoxy groups -OCH3 is 1. The molecular formula is C15H22N2O2. The SMILES string of the molecule is COc1cccc(C(=O)NCCC2CCNCC2)c1. The third kappa shape index (κ3) is 4.24. The lowest BCUT2D eigenvalue weighted by atomic mass is 9.95. The summed E-state index contributed by atoms with van der Waals surface area (Å²) in [6.45, 7) is 2.96. The number of nitrogens with one attached hydrogen (secondary N) is 2. The van der Waals surface area contributed by atoms with E-state index < -0.39 is 0 Å². The molecule has 19 heavy (non-hydrogen) atoms. The maximum absolute atomic E-state index is 12.0. The van der Waals surface area contributed by atoms with E-state index in [1.54, 1.807) is 13.2 Å². The quantitative estimate of drug-likeness (QED) is 0.851. The zero-order chi connectivity index (χ0) is 13.5. The summed E-state index contributed by atoms with van der Waals surface area (Å²) in [5.41, 5.74) is 0.657. The highest BCUT2D eigenvalue weighted by molar-refractivity contribution is 5.94. The van der Waals surface area contributed by atoms with Gasteiger partial charge in [-0.05, 0) is 56.5 Å². The molecule has 1 saturated heterocycles. The van der Waals surface area contributed by atoms with Gasteiger partial charge in [-0.15, -0.1) is 0 Å². The fourth-order valence-electron chi connectivity index (χ4n) is 2.43. The average Bonchev–Trinajstić information content (AvgIpc) is 2.48. The topological polar surface area (TPSA) is 50.4 Å². The first-order valence-electron chi connectivity index (χ1n) is 6.92. The molecule has 1 aromatic carbocycles. The normalized spacial score (nSPS) is 16.1. The summed E-state index contributed by atoms with van der Waals surface area (Å²) >= 11 is 0. The van der Waals surface area contributed by atoms with Crippen LogP contribution in [0.4, 0.5) is 0 Å². The number of hydrogen-bond acceptors (Lipinski definition) is 3. The lowest BCUT2D eigenvalue weighted by molar-refractivity contribution is 0.0950. The molecule has 0 spiro atoms. The Morgan fingerprint density at radius 2 is 2.21 bits per heavy atom. The first-order valence-corrected chi connectivity index (χ1v) is 6.92. The summed E-state index contributed by atoms with van der Waals surface area (Å²) in [7, 11) is 1.61. The number of ether oxygens (including phenoxy) is 1. The van der Waals surface area contributed by atoms with Crippen LogP contribution in [0, 0.1) is 5.92 Å². The number of hydrogen-bond donors (Lipinski definition) is 2. The molecule has 0 saturated carbocycles. The van der Waals surface area contributed by atoms with Crippen LogP contribution in [0.3, 0.4) is 0 Å². The van der Waals surface area contributed by atoms with E-state index in [0.717, 1.165) is 32.0 Å². The standard InChI is InChI=1S/C15H22N2O2/c1-19-14-4-2-3-13(11-14)15(18)17-10-7-12-5-8-16-9-6-12/h2-4,11-12,16H,5-10H2,1H3,(H,17,18). The van der Waals surface area contributed by atoms with E-state index in [1.807, 2.05) is 18.2 Å². The van der Waals surface area contributed by atoms with Gasteiger partial charge < -0.3 is 15.4 Å². The molecule has 0 radical (unpaired) electrons. The van der Waals surface area contributed by atoms with Gasteiger partial charge in [-0.3, -0.25) is 4.79 Å². The lowest BCUT2D eigenvalue weighted by Gasteiger charge is -2.22. The van der Waals surface area contributed by atoms with Gasteiger partial charge in [0.2, 0.25) is 0 Å². The van der Waals surface area contributed by atoms with Crippen molar-refractivity contribution in [2.45, 2.75) is 19.3 Å². The van der Waals surface area contributed by atoms with E-state index in [0.29, 0.717) is 11.3 Å². The molecule has 0 unspecified atom stereocenters. The second kappa shape index (κ2) is 7.14. The average molecular weight is 262 g/mol. The van der Waals surface area contributed by atoms with E-state index in [4.69, 9.17) is 4.74 Å². The Bertz CT molecular complexity index is 414. The van der Waals surface area contributed by atoms with Crippen LogP contribution in [-0.4, -0.2) is 32.7 Å². The summed E-state index contributed by atoms with van der Waals surface area (Å²) in [5, 5.41) is 6.33. The molecule has 1 aromatic rings. The van der Waals surface area contributed by atoms with Crippen LogP contribution in [0.1, 0.15) is 29.6 Å². The molecule has 1 fully saturated rings. The van der Waals surface area contributed by atoms with Crippen LogP contribution < -0.4 is 15.4 Å². The molecule has 104 valence electrons. The highest BCUT2D eigenvalue weighted by Crippen LogP contribution is 2.15. The lowest BCUT2D eigenvalue weighted by Crippen LogP contribution is -2.31. The van der Waals surface area contributed by atoms with E-state index in [1.165, 1.54) is 12.8 Å². The number of benzene rings is 1. The number of carbonyl (C=O) groups is 1. The molecule has 4 heteroatoms. The van der Waals surface area contributed by atoms with Crippen molar-refractivity contribution in [3.63, 3.8) is 0 Å². The van der Waals surface area contributed by atoms with Gasteiger partial charge in [-0.25, -0.2) is 0 Å². The number of piperidine rings is 1. The van der Waals surface area contributed by atoms with E-state index >= 15 is 0 Å². The number of rotatable bonds is 5. The maximum atomic E-state index is 12.0. The third-order valence-electron chi connectivity index (χ3n) is 3.63. The molecule has 0 aliphatic carbocycles. The van der Waals surface area contributed by atoms with Gasteiger partial charge in [0.15, 0.2) is 0 Å². The zero-order valence-electron chi connectivity index (χ0n) is 11.4. The van der Waals surface area contributed by atoms with Gasteiger partial charge in [-0.2, -0.15) is 0 Å². The van der Waals surface area contributed by atoms with Crippen LogP contribution in [0.25, 0.3) is 0 Å². The van der Waals surface area contributed by atoms with Crippen molar-refractivity contribution in [2.75, 3.05) is 26.7 Å². The molecule has 2 N–H and O–H groups in total. The second-order valence-corrected chi connectivity index (χ2v) is 4.97. The Labute approximate surface area is 114 Å². The Morgan fingerprint density at radius 1 is 1.42 bits per heavy atom. The van der Waals surface area contributed by atoms with Crippen molar-refractivity contribution in [2.24, 2.45) is 5.92 Å². The maximum Gasteiger partial charge on any atom is 0.251 e. The van der Waals surface area contributed by atoms with E-state index in [9.17, 15) is 4.79 Å². The Hall–Kier alpha value is -1.55. The highest BCUT2D eigenvalue weighted by Gasteiger charge is 2.13. The Morgan fingerprint density at radius 3 is 2.95 bits per heavy atom. The number of carbonyl (C=O) groups excluding carboxylic acids is 1. The molecule has 2 rings (SSSR count). The minimum atomic E-state index is -0.0205. The van der Waals surface area contributed by atoms with Crippen LogP contribution in [0.5, 0.6) is 5.75 Å². The zero-order valence-corrected chi connectivity index (χ0v) is 11.4. The molecule has 4 nitrogen and oxygen atoms in total. The Kier molecular flexibility index (Phi) is 5.21. The monoisotopic (exact) mass is 262 g/mol. The van der Waals surface area contributed by atoms with Crippen LogP contribution in [-0.2, 0) is 0 Å². The van der Waals surface area contributed by atoms with Gasteiger partial charge in [0.25, 0.3) is 5.91 Å². The summed E-state index contributed by atoms with van der Waals surface area (Å²) < 4.78 is 5.12. The number of amides is 1. The summed E-state index contributed by atoms with van der Waals surface area (Å²) in [6.07, 6.45) is 3.50. The van der Waals surface area contributed by atoms with Crippen LogP contribution in [0.2, 0.25) is 0 Å². The minimum Gasteiger partial charge on any atom is -0.497 e. The molecule has 1 aliphatic heterocycles. The van der Waals surface area contributed by atoms with Crippen LogP contribution in [0.15, 0.2) is 24.3 Å². The molecule has 1 amide bonds. The molecular weight excluding hydrogens is 240 g/mol. The fourth-order valence-corrected chi connectivity index (χ4v) is 2.43. The Balaban J connectivity index is 1.77. The van der Waals surface area contributed by atoms with Crippen molar-refractivity contribution in [3.05, 3.63) is 29.8 Å². The van der Waals surface area contributed by atoms with E-state index in [2.05, 4.69) is 10.6 Å². The molecule has 0 aromatic heterocycles. The first-order chi connectivity index (χ1) is 9.29. The summed E-state index contributed by atoms with van der Waals surface area (Å²) in [4.78, 5) is 12.0. The van der Waals surface area contributed by atoms with Gasteiger partial charge in [0, 0.05) is 12.1 Å². The predicted molar refractivity (Wildman–Crippen MR) is 75.5 cm³/mol.